The van der Waals surface area contributed by atoms with Crippen LogP contribution >= 0.6 is 23.8 Å². The molecule has 0 heterocycles. The Balaban J connectivity index is 2.67. The minimum Gasteiger partial charge on any atom is -0.493 e. The number of thiocarbonyl (C=S) groups is 1. The number of benzene rings is 1. The van der Waals surface area contributed by atoms with Crippen molar-refractivity contribution >= 4 is 28.8 Å². The van der Waals surface area contributed by atoms with Crippen LogP contribution in [0.4, 0.5) is 0 Å². The van der Waals surface area contributed by atoms with Crippen LogP contribution in [0.5, 0.6) is 5.75 Å². The molecule has 0 radical (unpaired) electrons. The van der Waals surface area contributed by atoms with Gasteiger partial charge >= 0.3 is 0 Å². The Morgan fingerprint density at radius 3 is 2.81 bits per heavy atom. The molecule has 0 aliphatic rings. The van der Waals surface area contributed by atoms with Gasteiger partial charge in [0, 0.05) is 25.2 Å². The van der Waals surface area contributed by atoms with Gasteiger partial charge < -0.3 is 15.2 Å². The Hall–Kier alpha value is -0.840. The lowest BCUT2D eigenvalue weighted by molar-refractivity contribution is 0.172. The standard InChI is InChI=1S/C11H14ClNO2S/c1-14-5-2-6-15-10-4-3-8(12)7-9(10)11(13)16/h3-4,7H,2,5-6H2,1H3,(H2,13,16). The number of hydrogen-bond donors (Lipinski definition) is 1. The van der Waals surface area contributed by atoms with E-state index in [1.54, 1.807) is 25.3 Å². The van der Waals surface area contributed by atoms with Crippen LogP contribution in [-0.4, -0.2) is 25.3 Å². The second-order valence-corrected chi connectivity index (χ2v) is 4.08. The van der Waals surface area contributed by atoms with Crippen molar-refractivity contribution in [3.63, 3.8) is 0 Å². The van der Waals surface area contributed by atoms with Gasteiger partial charge in [0.15, 0.2) is 0 Å². The molecule has 0 unspecified atom stereocenters. The maximum Gasteiger partial charge on any atom is 0.129 e. The number of hydrogen-bond acceptors (Lipinski definition) is 3. The van der Waals surface area contributed by atoms with E-state index in [0.717, 1.165) is 6.42 Å². The highest BCUT2D eigenvalue weighted by Gasteiger charge is 2.07. The van der Waals surface area contributed by atoms with Crippen molar-refractivity contribution in [1.82, 2.24) is 0 Å². The minimum absolute atomic E-state index is 0.282. The van der Waals surface area contributed by atoms with Crippen molar-refractivity contribution in [2.75, 3.05) is 20.3 Å². The summed E-state index contributed by atoms with van der Waals surface area (Å²) in [4.78, 5) is 0.282. The van der Waals surface area contributed by atoms with Crippen molar-refractivity contribution < 1.29 is 9.47 Å². The Bertz CT molecular complexity index is 371. The molecule has 0 atom stereocenters. The zero-order valence-electron chi connectivity index (χ0n) is 9.03. The van der Waals surface area contributed by atoms with E-state index in [2.05, 4.69) is 0 Å². The van der Waals surface area contributed by atoms with Crippen LogP contribution in [0.3, 0.4) is 0 Å². The fourth-order valence-electron chi connectivity index (χ4n) is 1.21. The average molecular weight is 260 g/mol. The minimum atomic E-state index is 0.282. The van der Waals surface area contributed by atoms with Gasteiger partial charge in [-0.3, -0.25) is 0 Å². The molecular weight excluding hydrogens is 246 g/mol. The number of rotatable bonds is 6. The summed E-state index contributed by atoms with van der Waals surface area (Å²) in [5.41, 5.74) is 6.25. The van der Waals surface area contributed by atoms with Crippen LogP contribution in [0.1, 0.15) is 12.0 Å². The summed E-state index contributed by atoms with van der Waals surface area (Å²) in [6, 6.07) is 5.22. The third-order valence-electron chi connectivity index (χ3n) is 1.96. The van der Waals surface area contributed by atoms with E-state index in [0.29, 0.717) is 29.5 Å². The van der Waals surface area contributed by atoms with Crippen LogP contribution in [0.15, 0.2) is 18.2 Å². The summed E-state index contributed by atoms with van der Waals surface area (Å²) in [6.07, 6.45) is 0.815. The summed E-state index contributed by atoms with van der Waals surface area (Å²) < 4.78 is 10.5. The summed E-state index contributed by atoms with van der Waals surface area (Å²) >= 11 is 10.8. The molecule has 0 bridgehead atoms. The first-order chi connectivity index (χ1) is 7.65. The van der Waals surface area contributed by atoms with Gasteiger partial charge in [-0.05, 0) is 18.2 Å². The second kappa shape index (κ2) is 6.68. The summed E-state index contributed by atoms with van der Waals surface area (Å²) in [6.45, 7) is 1.22. The normalized spacial score (nSPS) is 10.1. The van der Waals surface area contributed by atoms with E-state index in [4.69, 9.17) is 39.0 Å². The number of ether oxygens (including phenoxy) is 2. The zero-order valence-corrected chi connectivity index (χ0v) is 10.6. The molecule has 1 aromatic rings. The maximum absolute atomic E-state index is 5.85. The van der Waals surface area contributed by atoms with Crippen molar-refractivity contribution in [2.45, 2.75) is 6.42 Å². The van der Waals surface area contributed by atoms with Crippen LogP contribution < -0.4 is 10.5 Å². The smallest absolute Gasteiger partial charge is 0.129 e. The highest BCUT2D eigenvalue weighted by molar-refractivity contribution is 7.80. The van der Waals surface area contributed by atoms with E-state index in [1.165, 1.54) is 0 Å². The third kappa shape index (κ3) is 3.96. The fraction of sp³-hybridized carbons (Fsp3) is 0.364. The first kappa shape index (κ1) is 13.2. The molecule has 16 heavy (non-hydrogen) atoms. The van der Waals surface area contributed by atoms with Gasteiger partial charge in [-0.2, -0.15) is 0 Å². The van der Waals surface area contributed by atoms with E-state index >= 15 is 0 Å². The maximum atomic E-state index is 5.85. The molecule has 0 amide bonds. The predicted molar refractivity (Wildman–Crippen MR) is 69.3 cm³/mol. The van der Waals surface area contributed by atoms with Crippen LogP contribution in [0.25, 0.3) is 0 Å². The molecular formula is C11H14ClNO2S. The highest BCUT2D eigenvalue weighted by Crippen LogP contribution is 2.22. The molecule has 0 saturated heterocycles. The number of methoxy groups -OCH3 is 1. The molecule has 0 saturated carbocycles. The van der Waals surface area contributed by atoms with Crippen LogP contribution in [0, 0.1) is 0 Å². The van der Waals surface area contributed by atoms with Gasteiger partial charge in [0.2, 0.25) is 0 Å². The molecule has 2 N–H and O–H groups in total. The SMILES string of the molecule is COCCCOc1ccc(Cl)cc1C(N)=S. The number of halogens is 1. The zero-order chi connectivity index (χ0) is 12.0. The van der Waals surface area contributed by atoms with Crippen molar-refractivity contribution in [1.29, 1.82) is 0 Å². The Labute approximate surface area is 105 Å². The van der Waals surface area contributed by atoms with Gasteiger partial charge in [0.1, 0.15) is 10.7 Å². The fourth-order valence-corrected chi connectivity index (χ4v) is 1.54. The van der Waals surface area contributed by atoms with Gasteiger partial charge in [-0.15, -0.1) is 0 Å². The van der Waals surface area contributed by atoms with Crippen LogP contribution in [-0.2, 0) is 4.74 Å². The molecule has 5 heteroatoms. The van der Waals surface area contributed by atoms with Crippen molar-refractivity contribution in [3.8, 4) is 5.75 Å². The van der Waals surface area contributed by atoms with Gasteiger partial charge in [-0.25, -0.2) is 0 Å². The first-order valence-electron chi connectivity index (χ1n) is 4.86. The highest BCUT2D eigenvalue weighted by atomic mass is 35.5. The Kier molecular flexibility index (Phi) is 5.52. The van der Waals surface area contributed by atoms with E-state index in [9.17, 15) is 0 Å². The molecule has 0 fully saturated rings. The van der Waals surface area contributed by atoms with Gasteiger partial charge in [0.25, 0.3) is 0 Å². The molecule has 3 nitrogen and oxygen atoms in total. The van der Waals surface area contributed by atoms with Crippen molar-refractivity contribution in [3.05, 3.63) is 28.8 Å². The average Bonchev–Trinajstić information content (AvgIpc) is 2.26. The molecule has 0 aliphatic heterocycles. The number of nitrogens with two attached hydrogens (primary N) is 1. The third-order valence-corrected chi connectivity index (χ3v) is 2.41. The Morgan fingerprint density at radius 2 is 2.19 bits per heavy atom. The quantitative estimate of drug-likeness (QED) is 0.629. The van der Waals surface area contributed by atoms with Gasteiger partial charge in [0.05, 0.1) is 12.2 Å². The largest absolute Gasteiger partial charge is 0.493 e. The second-order valence-electron chi connectivity index (χ2n) is 3.20. The predicted octanol–water partition coefficient (Wildman–Crippen LogP) is 2.39. The Morgan fingerprint density at radius 1 is 1.44 bits per heavy atom. The van der Waals surface area contributed by atoms with E-state index < -0.39 is 0 Å². The molecule has 1 aromatic carbocycles. The summed E-state index contributed by atoms with van der Waals surface area (Å²) in [5.74, 6) is 0.660. The summed E-state index contributed by atoms with van der Waals surface area (Å²) in [7, 11) is 1.66. The topological polar surface area (TPSA) is 44.5 Å². The molecule has 0 spiro atoms. The molecule has 0 aromatic heterocycles. The lowest BCUT2D eigenvalue weighted by atomic mass is 10.2. The molecule has 0 aliphatic carbocycles. The van der Waals surface area contributed by atoms with Crippen molar-refractivity contribution in [2.24, 2.45) is 5.73 Å². The monoisotopic (exact) mass is 259 g/mol. The lowest BCUT2D eigenvalue weighted by Gasteiger charge is -2.10. The van der Waals surface area contributed by atoms with Crippen LogP contribution in [0.2, 0.25) is 5.02 Å². The van der Waals surface area contributed by atoms with Gasteiger partial charge in [-0.1, -0.05) is 23.8 Å². The van der Waals surface area contributed by atoms with E-state index in [1.807, 2.05) is 0 Å². The van der Waals surface area contributed by atoms with E-state index in [-0.39, 0.29) is 4.99 Å². The first-order valence-corrected chi connectivity index (χ1v) is 5.65. The summed E-state index contributed by atoms with van der Waals surface area (Å²) in [5, 5.41) is 0.590. The lowest BCUT2D eigenvalue weighted by Crippen LogP contribution is -2.12. The molecule has 1 rings (SSSR count). The molecule has 88 valence electrons.